The summed E-state index contributed by atoms with van der Waals surface area (Å²) < 4.78 is 18.5. The number of aliphatic hydroxyl groups excluding tert-OH is 1. The number of hydrogen-bond acceptors (Lipinski definition) is 8. The molecule has 13 nitrogen and oxygen atoms in total. The number of nitrogens with zero attached hydrogens (tertiary/aromatic N) is 8. The van der Waals surface area contributed by atoms with Gasteiger partial charge in [0, 0.05) is 54.3 Å². The maximum atomic E-state index is 14.9. The Hall–Kier alpha value is -2.82. The van der Waals surface area contributed by atoms with E-state index in [1.165, 1.54) is 0 Å². The molecule has 44 heavy (non-hydrogen) atoms. The van der Waals surface area contributed by atoms with Crippen LogP contribution in [-0.2, 0) is 19.0 Å². The number of amides is 1. The molecule has 0 spiro atoms. The topological polar surface area (TPSA) is 178 Å². The first-order chi connectivity index (χ1) is 21.6. The minimum absolute atomic E-state index is 0.0340. The van der Waals surface area contributed by atoms with E-state index in [9.17, 15) is 10.3 Å². The zero-order valence-corrected chi connectivity index (χ0v) is 25.9. The summed E-state index contributed by atoms with van der Waals surface area (Å²) >= 11 is 0. The first-order valence-electron chi connectivity index (χ1n) is 16.7. The molecule has 0 aromatic carbocycles. The summed E-state index contributed by atoms with van der Waals surface area (Å²) in [6, 6.07) is 0. The molecular weight excluding hydrogens is 564 g/mol. The van der Waals surface area contributed by atoms with Crippen LogP contribution in [-0.4, -0.2) is 85.6 Å². The number of morpholine rings is 1. The highest BCUT2D eigenvalue weighted by Crippen LogP contribution is 2.48. The quantitative estimate of drug-likeness (QED) is 0.123. The number of aliphatic hydroxyl groups is 1. The monoisotopic (exact) mass is 612 g/mol. The third kappa shape index (κ3) is 7.51. The number of rotatable bonds is 12. The van der Waals surface area contributed by atoms with E-state index in [2.05, 4.69) is 20.1 Å². The third-order valence-electron chi connectivity index (χ3n) is 10.3. The number of azide groups is 2. The molecule has 4 atom stereocenters. The van der Waals surface area contributed by atoms with E-state index in [-0.39, 0.29) is 36.4 Å². The van der Waals surface area contributed by atoms with Gasteiger partial charge in [-0.3, -0.25) is 4.79 Å². The van der Waals surface area contributed by atoms with Gasteiger partial charge in [0.05, 0.1) is 19.3 Å². The van der Waals surface area contributed by atoms with Crippen molar-refractivity contribution in [2.75, 3.05) is 46.1 Å². The first kappa shape index (κ1) is 32.6. The van der Waals surface area contributed by atoms with Gasteiger partial charge in [0.1, 0.15) is 0 Å². The minimum Gasteiger partial charge on any atom is -0.470 e. The number of carbonyl (C=O) groups excluding carboxylic acids is 1. The summed E-state index contributed by atoms with van der Waals surface area (Å²) in [6.45, 7) is 3.07. The van der Waals surface area contributed by atoms with Gasteiger partial charge >= 0.3 is 0 Å². The van der Waals surface area contributed by atoms with Crippen molar-refractivity contribution in [3.63, 3.8) is 0 Å². The molecule has 2 heterocycles. The summed E-state index contributed by atoms with van der Waals surface area (Å²) in [5.74, 6) is 1.01. The molecule has 0 aromatic rings. The summed E-state index contributed by atoms with van der Waals surface area (Å²) in [5.41, 5.74) is 19.0. The smallest absolute Gasteiger partial charge is 0.255 e. The molecule has 5 aliphatic rings. The molecule has 0 aromatic heterocycles. The van der Waals surface area contributed by atoms with E-state index in [0.29, 0.717) is 76.7 Å². The zero-order chi connectivity index (χ0) is 30.8. The lowest BCUT2D eigenvalue weighted by Gasteiger charge is -2.42. The number of allylic oxidation sites excluding steroid dienone is 1. The number of ether oxygens (including phenoxy) is 3. The fourth-order valence-electron chi connectivity index (χ4n) is 7.98. The average Bonchev–Trinajstić information content (AvgIpc) is 3.45. The maximum Gasteiger partial charge on any atom is 0.255 e. The van der Waals surface area contributed by atoms with Gasteiger partial charge in [-0.25, -0.2) is 4.99 Å². The second-order valence-corrected chi connectivity index (χ2v) is 13.0. The molecule has 3 fully saturated rings. The predicted molar refractivity (Wildman–Crippen MR) is 165 cm³/mol. The van der Waals surface area contributed by atoms with Crippen LogP contribution in [0.4, 0.5) is 0 Å². The Morgan fingerprint density at radius 3 is 2.50 bits per heavy atom. The van der Waals surface area contributed by atoms with Gasteiger partial charge in [-0.1, -0.05) is 35.9 Å². The molecule has 242 valence electrons. The lowest BCUT2D eigenvalue weighted by Crippen LogP contribution is -2.57. The zero-order valence-electron chi connectivity index (χ0n) is 25.9. The van der Waals surface area contributed by atoms with Crippen molar-refractivity contribution < 1.29 is 24.1 Å². The summed E-state index contributed by atoms with van der Waals surface area (Å²) in [4.78, 5) is 28.4. The molecule has 1 amide bonds. The van der Waals surface area contributed by atoms with Crippen molar-refractivity contribution >= 4 is 11.8 Å². The summed E-state index contributed by atoms with van der Waals surface area (Å²) in [7, 11) is 0. The van der Waals surface area contributed by atoms with Crippen LogP contribution < -0.4 is 0 Å². The van der Waals surface area contributed by atoms with Crippen molar-refractivity contribution in [3.8, 4) is 0 Å². The maximum absolute atomic E-state index is 14.9. The highest BCUT2D eigenvalue weighted by Gasteiger charge is 2.58. The van der Waals surface area contributed by atoms with Crippen LogP contribution >= 0.6 is 0 Å². The first-order valence-corrected chi connectivity index (χ1v) is 16.7. The molecular formula is C31H48N8O5. The highest BCUT2D eigenvalue weighted by molar-refractivity contribution is 5.95. The minimum atomic E-state index is -1.18. The fourth-order valence-corrected chi connectivity index (χ4v) is 7.98. The van der Waals surface area contributed by atoms with Gasteiger partial charge in [0.25, 0.3) is 5.91 Å². The van der Waals surface area contributed by atoms with Gasteiger partial charge in [0.2, 0.25) is 0 Å². The Balaban J connectivity index is 1.53. The van der Waals surface area contributed by atoms with Crippen LogP contribution in [0.15, 0.2) is 26.5 Å². The molecule has 13 heteroatoms. The van der Waals surface area contributed by atoms with Crippen LogP contribution in [0, 0.1) is 17.8 Å². The second kappa shape index (κ2) is 16.0. The lowest BCUT2D eigenvalue weighted by molar-refractivity contribution is -0.144. The van der Waals surface area contributed by atoms with E-state index in [0.717, 1.165) is 69.8 Å². The van der Waals surface area contributed by atoms with Crippen molar-refractivity contribution in [3.05, 3.63) is 32.2 Å². The third-order valence-corrected chi connectivity index (χ3v) is 10.3. The molecule has 2 aliphatic heterocycles. The van der Waals surface area contributed by atoms with Gasteiger partial charge in [-0.2, -0.15) is 0 Å². The van der Waals surface area contributed by atoms with Crippen LogP contribution in [0.25, 0.3) is 20.9 Å². The molecule has 5 rings (SSSR count). The highest BCUT2D eigenvalue weighted by atomic mass is 16.5. The SMILES string of the molecule is [N-]=[N+]=NCC1CCCCC1C[C@@]1(C(=O)N2CCOCC2)N=C(C2CCC(OCCCO)CC2)O[C@@H]1C1=C(N=[N+]=[N-])CCCC1. The van der Waals surface area contributed by atoms with E-state index in [1.807, 2.05) is 4.90 Å². The Kier molecular flexibility index (Phi) is 11.8. The van der Waals surface area contributed by atoms with Crippen molar-refractivity contribution in [2.24, 2.45) is 33.0 Å². The normalized spacial score (nSPS) is 32.7. The fraction of sp³-hybridized carbons (Fsp3) is 0.871. The van der Waals surface area contributed by atoms with Crippen LogP contribution in [0.1, 0.15) is 89.9 Å². The lowest BCUT2D eigenvalue weighted by atomic mass is 9.69. The number of aliphatic imine (C=N–C) groups is 1. The van der Waals surface area contributed by atoms with E-state index in [4.69, 9.17) is 29.8 Å². The van der Waals surface area contributed by atoms with Gasteiger partial charge in [0.15, 0.2) is 17.5 Å². The Bertz CT molecular complexity index is 1150. The van der Waals surface area contributed by atoms with Crippen LogP contribution in [0.2, 0.25) is 0 Å². The summed E-state index contributed by atoms with van der Waals surface area (Å²) in [6.07, 6.45) is 11.4. The van der Waals surface area contributed by atoms with Gasteiger partial charge < -0.3 is 24.2 Å². The van der Waals surface area contributed by atoms with E-state index >= 15 is 0 Å². The summed E-state index contributed by atoms with van der Waals surface area (Å²) in [5, 5.41) is 17.2. The molecule has 1 N–H and O–H groups in total. The van der Waals surface area contributed by atoms with E-state index in [1.54, 1.807) is 0 Å². The van der Waals surface area contributed by atoms with Crippen molar-refractivity contribution in [1.82, 2.24) is 4.90 Å². The molecule has 3 aliphatic carbocycles. The van der Waals surface area contributed by atoms with Crippen LogP contribution in [0.5, 0.6) is 0 Å². The Morgan fingerprint density at radius 1 is 1.02 bits per heavy atom. The molecule has 2 unspecified atom stereocenters. The second-order valence-electron chi connectivity index (χ2n) is 13.0. The molecule has 2 saturated carbocycles. The Morgan fingerprint density at radius 2 is 1.77 bits per heavy atom. The molecule has 0 radical (unpaired) electrons. The molecule has 0 bridgehead atoms. The number of hydrogen-bond donors (Lipinski definition) is 1. The van der Waals surface area contributed by atoms with Crippen molar-refractivity contribution in [1.29, 1.82) is 0 Å². The number of carbonyl (C=O) groups is 1. The van der Waals surface area contributed by atoms with Gasteiger partial charge in [-0.15, -0.1) is 0 Å². The average molecular weight is 613 g/mol. The standard InChI is InChI=1S/C31H48N8O5/c32-37-34-21-24-7-2-1-6-23(24)20-31(30(41)39-14-18-42-19-15-39)28(26-8-3-4-9-27(26)36-38-33)44-29(35-31)22-10-12-25(13-11-22)43-17-5-16-40/h22-25,28,40H,1-21H2/t22?,23?,24?,25?,28-,31-/m1/s1. The largest absolute Gasteiger partial charge is 0.470 e. The van der Waals surface area contributed by atoms with E-state index < -0.39 is 11.6 Å². The van der Waals surface area contributed by atoms with Gasteiger partial charge in [-0.05, 0) is 92.7 Å². The van der Waals surface area contributed by atoms with Crippen molar-refractivity contribution in [2.45, 2.75) is 108 Å². The molecule has 1 saturated heterocycles. The Labute approximate surface area is 259 Å². The van der Waals surface area contributed by atoms with Crippen LogP contribution in [0.3, 0.4) is 0 Å². The predicted octanol–water partition coefficient (Wildman–Crippen LogP) is 5.98.